The van der Waals surface area contributed by atoms with Gasteiger partial charge in [0.1, 0.15) is 4.60 Å². The summed E-state index contributed by atoms with van der Waals surface area (Å²) in [6.07, 6.45) is 2.24. The zero-order valence-electron chi connectivity index (χ0n) is 7.75. The van der Waals surface area contributed by atoms with Gasteiger partial charge in [-0.05, 0) is 34.0 Å². The lowest BCUT2D eigenvalue weighted by Gasteiger charge is -2.04. The Hall–Kier alpha value is -0.700. The second kappa shape index (κ2) is 4.51. The van der Waals surface area contributed by atoms with Crippen molar-refractivity contribution in [2.75, 3.05) is 0 Å². The van der Waals surface area contributed by atoms with E-state index in [0.717, 1.165) is 0 Å². The number of rotatable bonds is 3. The summed E-state index contributed by atoms with van der Waals surface area (Å²) in [6.45, 7) is 4.06. The van der Waals surface area contributed by atoms with Gasteiger partial charge < -0.3 is 0 Å². The molecule has 13 heavy (non-hydrogen) atoms. The fourth-order valence-corrected chi connectivity index (χ4v) is 1.55. The highest BCUT2D eigenvalue weighted by Gasteiger charge is 2.11. The molecule has 3 heteroatoms. The third kappa shape index (κ3) is 2.92. The first-order valence-corrected chi connectivity index (χ1v) is 5.04. The van der Waals surface area contributed by atoms with Crippen LogP contribution in [-0.4, -0.2) is 10.8 Å². The summed E-state index contributed by atoms with van der Waals surface area (Å²) in [5, 5.41) is 0. The van der Waals surface area contributed by atoms with E-state index in [4.69, 9.17) is 0 Å². The molecule has 0 atom stereocenters. The first kappa shape index (κ1) is 10.4. The molecule has 0 radical (unpaired) electrons. The Labute approximate surface area is 86.5 Å². The molecule has 1 rings (SSSR count). The Morgan fingerprint density at radius 1 is 1.62 bits per heavy atom. The number of hydrogen-bond acceptors (Lipinski definition) is 2. The number of ketones is 1. The second-order valence-corrected chi connectivity index (χ2v) is 4.11. The van der Waals surface area contributed by atoms with Gasteiger partial charge in [-0.2, -0.15) is 0 Å². The van der Waals surface area contributed by atoms with E-state index in [1.165, 1.54) is 0 Å². The number of carbonyl (C=O) groups excluding carboxylic acids is 1. The monoisotopic (exact) mass is 241 g/mol. The molecular formula is C10H12BrNO. The van der Waals surface area contributed by atoms with Gasteiger partial charge in [0.15, 0.2) is 5.78 Å². The Morgan fingerprint density at radius 2 is 2.31 bits per heavy atom. The summed E-state index contributed by atoms with van der Waals surface area (Å²) < 4.78 is 0.639. The topological polar surface area (TPSA) is 30.0 Å². The molecule has 0 aliphatic carbocycles. The minimum absolute atomic E-state index is 0.148. The van der Waals surface area contributed by atoms with Crippen LogP contribution >= 0.6 is 15.9 Å². The molecule has 2 nitrogen and oxygen atoms in total. The Kier molecular flexibility index (Phi) is 3.60. The predicted octanol–water partition coefficient (Wildman–Crippen LogP) is 3.07. The van der Waals surface area contributed by atoms with E-state index in [0.29, 0.717) is 22.5 Å². The maximum atomic E-state index is 11.6. The molecule has 0 N–H and O–H groups in total. The van der Waals surface area contributed by atoms with Gasteiger partial charge in [0.2, 0.25) is 0 Å². The van der Waals surface area contributed by atoms with Gasteiger partial charge in [-0.25, -0.2) is 4.98 Å². The summed E-state index contributed by atoms with van der Waals surface area (Å²) in [5.74, 6) is 0.537. The third-order valence-corrected chi connectivity index (χ3v) is 2.29. The number of hydrogen-bond donors (Lipinski definition) is 0. The predicted molar refractivity (Wildman–Crippen MR) is 55.7 cm³/mol. The fraction of sp³-hybridized carbons (Fsp3) is 0.400. The molecule has 1 aromatic heterocycles. The van der Waals surface area contributed by atoms with Crippen molar-refractivity contribution in [1.29, 1.82) is 0 Å². The van der Waals surface area contributed by atoms with E-state index in [1.807, 2.05) is 13.8 Å². The molecule has 1 aromatic rings. The number of Topliss-reactive ketones (excluding diaryl/α,β-unsaturated/α-hetero) is 1. The molecule has 0 spiro atoms. The van der Waals surface area contributed by atoms with Crippen molar-refractivity contribution < 1.29 is 4.79 Å². The van der Waals surface area contributed by atoms with Crippen LogP contribution < -0.4 is 0 Å². The van der Waals surface area contributed by atoms with Crippen molar-refractivity contribution in [3.63, 3.8) is 0 Å². The van der Waals surface area contributed by atoms with Crippen molar-refractivity contribution in [1.82, 2.24) is 4.98 Å². The van der Waals surface area contributed by atoms with E-state index in [2.05, 4.69) is 20.9 Å². The maximum Gasteiger partial charge on any atom is 0.165 e. The minimum Gasteiger partial charge on any atom is -0.294 e. The molecule has 0 aliphatic rings. The van der Waals surface area contributed by atoms with E-state index in [9.17, 15) is 4.79 Å². The van der Waals surface area contributed by atoms with E-state index < -0.39 is 0 Å². The van der Waals surface area contributed by atoms with E-state index >= 15 is 0 Å². The smallest absolute Gasteiger partial charge is 0.165 e. The number of carbonyl (C=O) groups is 1. The quantitative estimate of drug-likeness (QED) is 0.602. The highest BCUT2D eigenvalue weighted by Crippen LogP contribution is 2.16. The Morgan fingerprint density at radius 3 is 2.85 bits per heavy atom. The van der Waals surface area contributed by atoms with Crippen LogP contribution in [0, 0.1) is 5.92 Å². The van der Waals surface area contributed by atoms with Gasteiger partial charge in [-0.1, -0.05) is 13.8 Å². The van der Waals surface area contributed by atoms with Crippen LogP contribution in [0.25, 0.3) is 0 Å². The minimum atomic E-state index is 0.148. The first-order chi connectivity index (χ1) is 6.11. The van der Waals surface area contributed by atoms with Crippen LogP contribution in [0.2, 0.25) is 0 Å². The van der Waals surface area contributed by atoms with E-state index in [1.54, 1.807) is 18.3 Å². The number of pyridine rings is 1. The molecule has 70 valence electrons. The van der Waals surface area contributed by atoms with Crippen molar-refractivity contribution in [3.05, 3.63) is 28.5 Å². The van der Waals surface area contributed by atoms with Crippen LogP contribution in [-0.2, 0) is 0 Å². The normalized spacial score (nSPS) is 10.5. The SMILES string of the molecule is CC(C)CC(=O)c1cccnc1Br. The van der Waals surface area contributed by atoms with Crippen molar-refractivity contribution in [2.24, 2.45) is 5.92 Å². The van der Waals surface area contributed by atoms with Crippen LogP contribution in [0.3, 0.4) is 0 Å². The molecule has 0 saturated heterocycles. The van der Waals surface area contributed by atoms with Crippen LogP contribution in [0.15, 0.2) is 22.9 Å². The summed E-state index contributed by atoms with van der Waals surface area (Å²) in [4.78, 5) is 15.6. The average Bonchev–Trinajstić information content (AvgIpc) is 2.03. The lowest BCUT2D eigenvalue weighted by Crippen LogP contribution is -2.04. The Balaban J connectivity index is 2.83. The number of halogens is 1. The van der Waals surface area contributed by atoms with Crippen molar-refractivity contribution >= 4 is 21.7 Å². The van der Waals surface area contributed by atoms with Gasteiger partial charge >= 0.3 is 0 Å². The summed E-state index contributed by atoms with van der Waals surface area (Å²) in [5.41, 5.74) is 0.677. The molecule has 0 saturated carbocycles. The number of nitrogens with zero attached hydrogens (tertiary/aromatic N) is 1. The largest absolute Gasteiger partial charge is 0.294 e. The van der Waals surface area contributed by atoms with Crippen molar-refractivity contribution in [3.8, 4) is 0 Å². The lowest BCUT2D eigenvalue weighted by atomic mass is 10.0. The molecule has 0 unspecified atom stereocenters. The average molecular weight is 242 g/mol. The molecule has 1 heterocycles. The van der Waals surface area contributed by atoms with Crippen LogP contribution in [0.5, 0.6) is 0 Å². The molecule has 0 aromatic carbocycles. The third-order valence-electron chi connectivity index (χ3n) is 1.65. The molecule has 0 amide bonds. The summed E-state index contributed by atoms with van der Waals surface area (Å²) in [6, 6.07) is 3.57. The molecule has 0 fully saturated rings. The van der Waals surface area contributed by atoms with E-state index in [-0.39, 0.29) is 5.78 Å². The lowest BCUT2D eigenvalue weighted by molar-refractivity contribution is 0.0966. The van der Waals surface area contributed by atoms with Crippen LogP contribution in [0.1, 0.15) is 30.6 Å². The van der Waals surface area contributed by atoms with Gasteiger partial charge in [0, 0.05) is 12.6 Å². The van der Waals surface area contributed by atoms with Crippen molar-refractivity contribution in [2.45, 2.75) is 20.3 Å². The van der Waals surface area contributed by atoms with Gasteiger partial charge in [0.05, 0.1) is 5.56 Å². The highest BCUT2D eigenvalue weighted by molar-refractivity contribution is 9.10. The van der Waals surface area contributed by atoms with Gasteiger partial charge in [-0.3, -0.25) is 4.79 Å². The van der Waals surface area contributed by atoms with Gasteiger partial charge in [-0.15, -0.1) is 0 Å². The first-order valence-electron chi connectivity index (χ1n) is 4.25. The van der Waals surface area contributed by atoms with Gasteiger partial charge in [0.25, 0.3) is 0 Å². The molecule has 0 aliphatic heterocycles. The molecule has 0 bridgehead atoms. The highest BCUT2D eigenvalue weighted by atomic mass is 79.9. The standard InChI is InChI=1S/C10H12BrNO/c1-7(2)6-9(13)8-4-3-5-12-10(8)11/h3-5,7H,6H2,1-2H3. The second-order valence-electron chi connectivity index (χ2n) is 3.36. The zero-order chi connectivity index (χ0) is 9.84. The fourth-order valence-electron chi connectivity index (χ4n) is 1.07. The zero-order valence-corrected chi connectivity index (χ0v) is 9.34. The summed E-state index contributed by atoms with van der Waals surface area (Å²) in [7, 11) is 0. The molecular weight excluding hydrogens is 230 g/mol. The summed E-state index contributed by atoms with van der Waals surface area (Å²) >= 11 is 3.25. The Bertz CT molecular complexity index is 310. The maximum absolute atomic E-state index is 11.6. The number of aromatic nitrogens is 1. The van der Waals surface area contributed by atoms with Crippen LogP contribution in [0.4, 0.5) is 0 Å².